The van der Waals surface area contributed by atoms with E-state index < -0.39 is 5.41 Å². The van der Waals surface area contributed by atoms with Gasteiger partial charge in [0.1, 0.15) is 11.5 Å². The zero-order valence-corrected chi connectivity index (χ0v) is 22.2. The molecule has 1 aliphatic carbocycles. The largest absolute Gasteiger partial charge is 0.502 e. The third kappa shape index (κ3) is 5.28. The highest BCUT2D eigenvalue weighted by Crippen LogP contribution is 2.56. The molecule has 0 heterocycles. The fourth-order valence-electron chi connectivity index (χ4n) is 5.46. The van der Waals surface area contributed by atoms with E-state index >= 15 is 0 Å². The first kappa shape index (κ1) is 26.2. The Kier molecular flexibility index (Phi) is 8.33. The maximum Gasteiger partial charge on any atom is 0.119 e. The first-order chi connectivity index (χ1) is 19.3. The Bertz CT molecular complexity index is 1280. The molecule has 0 aliphatic heterocycles. The summed E-state index contributed by atoms with van der Waals surface area (Å²) in [6, 6.07) is 34.5. The number of fused-ring (bicyclic) bond motifs is 3. The normalized spacial score (nSPS) is 12.6. The van der Waals surface area contributed by atoms with Crippen LogP contribution in [0, 0.1) is 0 Å². The molecule has 198 valence electrons. The van der Waals surface area contributed by atoms with Gasteiger partial charge < -0.3 is 18.9 Å². The van der Waals surface area contributed by atoms with E-state index in [4.69, 9.17) is 18.9 Å². The smallest absolute Gasteiger partial charge is 0.119 e. The molecule has 5 rings (SSSR count). The Morgan fingerprint density at radius 1 is 0.513 bits per heavy atom. The molecule has 0 radical (unpaired) electrons. The number of ether oxygens (including phenoxy) is 4. The van der Waals surface area contributed by atoms with Crippen molar-refractivity contribution in [1.82, 2.24) is 0 Å². The Balaban J connectivity index is 1.51. The SMILES string of the molecule is C=COCCCOc1ccc(C2(c3ccc(OCCCOC=C)cc3)c3ccccc3-c3ccccc32)cc1. The number of hydrogen-bond acceptors (Lipinski definition) is 4. The molecule has 0 atom stereocenters. The predicted molar refractivity (Wildman–Crippen MR) is 156 cm³/mol. The zero-order chi connectivity index (χ0) is 26.9. The molecule has 4 aromatic rings. The Morgan fingerprint density at radius 3 is 1.33 bits per heavy atom. The van der Waals surface area contributed by atoms with Crippen LogP contribution in [-0.2, 0) is 14.9 Å². The molecule has 0 fully saturated rings. The second-order valence-corrected chi connectivity index (χ2v) is 9.37. The molecule has 4 nitrogen and oxygen atoms in total. The molecule has 1 aliphatic rings. The highest BCUT2D eigenvalue weighted by Gasteiger charge is 2.45. The molecule has 0 bridgehead atoms. The lowest BCUT2D eigenvalue weighted by Crippen LogP contribution is -2.28. The Hall–Kier alpha value is -4.44. The van der Waals surface area contributed by atoms with Gasteiger partial charge in [-0.25, -0.2) is 0 Å². The average molecular weight is 519 g/mol. The van der Waals surface area contributed by atoms with E-state index in [0.29, 0.717) is 26.4 Å². The van der Waals surface area contributed by atoms with Crippen LogP contribution in [0.3, 0.4) is 0 Å². The predicted octanol–water partition coefficient (Wildman–Crippen LogP) is 7.91. The van der Waals surface area contributed by atoms with E-state index in [2.05, 4.69) is 110 Å². The molecule has 0 amide bonds. The van der Waals surface area contributed by atoms with Gasteiger partial charge >= 0.3 is 0 Å². The summed E-state index contributed by atoms with van der Waals surface area (Å²) in [7, 11) is 0. The summed E-state index contributed by atoms with van der Waals surface area (Å²) < 4.78 is 22.4. The van der Waals surface area contributed by atoms with Gasteiger partial charge in [-0.2, -0.15) is 0 Å². The highest BCUT2D eigenvalue weighted by molar-refractivity contribution is 5.86. The highest BCUT2D eigenvalue weighted by atomic mass is 16.5. The van der Waals surface area contributed by atoms with Gasteiger partial charge in [0, 0.05) is 12.8 Å². The van der Waals surface area contributed by atoms with Crippen molar-refractivity contribution in [3.63, 3.8) is 0 Å². The van der Waals surface area contributed by atoms with Gasteiger partial charge in [0.05, 0.1) is 44.4 Å². The minimum Gasteiger partial charge on any atom is -0.502 e. The van der Waals surface area contributed by atoms with E-state index in [0.717, 1.165) is 24.3 Å². The van der Waals surface area contributed by atoms with Crippen molar-refractivity contribution in [3.05, 3.63) is 145 Å². The van der Waals surface area contributed by atoms with Crippen LogP contribution in [0.4, 0.5) is 0 Å². The minimum atomic E-state index is -0.458. The summed E-state index contributed by atoms with van der Waals surface area (Å²) in [6.45, 7) is 9.53. The van der Waals surface area contributed by atoms with Crippen LogP contribution in [0.25, 0.3) is 11.1 Å². The van der Waals surface area contributed by atoms with Gasteiger partial charge in [-0.3, -0.25) is 0 Å². The summed E-state index contributed by atoms with van der Waals surface area (Å²) >= 11 is 0. The Labute approximate surface area is 231 Å². The van der Waals surface area contributed by atoms with Crippen molar-refractivity contribution in [2.24, 2.45) is 0 Å². The summed E-state index contributed by atoms with van der Waals surface area (Å²) in [5.74, 6) is 1.69. The quantitative estimate of drug-likeness (QED) is 0.111. The average Bonchev–Trinajstić information content (AvgIpc) is 3.29. The number of rotatable bonds is 14. The molecule has 4 aromatic carbocycles. The fourth-order valence-corrected chi connectivity index (χ4v) is 5.46. The van der Waals surface area contributed by atoms with Crippen molar-refractivity contribution in [2.45, 2.75) is 18.3 Å². The first-order valence-electron chi connectivity index (χ1n) is 13.4. The molecule has 0 N–H and O–H groups in total. The van der Waals surface area contributed by atoms with E-state index in [1.807, 2.05) is 0 Å². The Morgan fingerprint density at radius 2 is 0.923 bits per heavy atom. The third-order valence-corrected chi connectivity index (χ3v) is 7.11. The van der Waals surface area contributed by atoms with Crippen LogP contribution in [0.1, 0.15) is 35.1 Å². The van der Waals surface area contributed by atoms with E-state index in [1.165, 1.54) is 45.9 Å². The third-order valence-electron chi connectivity index (χ3n) is 7.11. The lowest BCUT2D eigenvalue weighted by atomic mass is 9.68. The van der Waals surface area contributed by atoms with Gasteiger partial charge in [-0.1, -0.05) is 86.0 Å². The van der Waals surface area contributed by atoms with Crippen LogP contribution in [0.5, 0.6) is 11.5 Å². The fraction of sp³-hybridized carbons (Fsp3) is 0.200. The molecular weight excluding hydrogens is 484 g/mol. The van der Waals surface area contributed by atoms with Crippen LogP contribution in [-0.4, -0.2) is 26.4 Å². The first-order valence-corrected chi connectivity index (χ1v) is 13.4. The van der Waals surface area contributed by atoms with Gasteiger partial charge in [0.25, 0.3) is 0 Å². The minimum absolute atomic E-state index is 0.458. The molecular formula is C35H34O4. The molecule has 0 saturated carbocycles. The second-order valence-electron chi connectivity index (χ2n) is 9.37. The molecule has 0 spiro atoms. The topological polar surface area (TPSA) is 36.9 Å². The van der Waals surface area contributed by atoms with Crippen LogP contribution in [0.15, 0.2) is 123 Å². The van der Waals surface area contributed by atoms with E-state index in [1.54, 1.807) is 0 Å². The maximum atomic E-state index is 5.98. The van der Waals surface area contributed by atoms with Crippen molar-refractivity contribution < 1.29 is 18.9 Å². The van der Waals surface area contributed by atoms with Gasteiger partial charge in [0.2, 0.25) is 0 Å². The second kappa shape index (κ2) is 12.4. The van der Waals surface area contributed by atoms with E-state index in [9.17, 15) is 0 Å². The van der Waals surface area contributed by atoms with Crippen molar-refractivity contribution in [1.29, 1.82) is 0 Å². The van der Waals surface area contributed by atoms with Gasteiger partial charge in [-0.15, -0.1) is 0 Å². The molecule has 0 unspecified atom stereocenters. The maximum absolute atomic E-state index is 5.98. The number of benzene rings is 4. The monoisotopic (exact) mass is 518 g/mol. The lowest BCUT2D eigenvalue weighted by molar-refractivity contribution is 0.209. The standard InChI is InChI=1S/C35H34O4/c1-3-36-23-9-25-38-29-19-15-27(16-20-29)35(28-17-21-30(22-18-28)39-26-10-24-37-4-2)33-13-7-5-11-31(33)32-12-6-8-14-34(32)35/h3-8,11-22H,1-2,9-10,23-26H2. The van der Waals surface area contributed by atoms with Crippen molar-refractivity contribution in [3.8, 4) is 22.6 Å². The summed E-state index contributed by atoms with van der Waals surface area (Å²) in [4.78, 5) is 0. The zero-order valence-electron chi connectivity index (χ0n) is 22.2. The van der Waals surface area contributed by atoms with Gasteiger partial charge in [0.15, 0.2) is 0 Å². The molecule has 4 heteroatoms. The van der Waals surface area contributed by atoms with Crippen LogP contribution in [0.2, 0.25) is 0 Å². The molecule has 0 saturated heterocycles. The number of hydrogen-bond donors (Lipinski definition) is 0. The summed E-state index contributed by atoms with van der Waals surface area (Å²) in [6.07, 6.45) is 4.52. The lowest BCUT2D eigenvalue weighted by Gasteiger charge is -2.34. The molecule has 39 heavy (non-hydrogen) atoms. The summed E-state index contributed by atoms with van der Waals surface area (Å²) in [5.41, 5.74) is 7.00. The van der Waals surface area contributed by atoms with Crippen LogP contribution >= 0.6 is 0 Å². The van der Waals surface area contributed by atoms with Gasteiger partial charge in [-0.05, 0) is 57.6 Å². The van der Waals surface area contributed by atoms with Crippen molar-refractivity contribution in [2.75, 3.05) is 26.4 Å². The van der Waals surface area contributed by atoms with E-state index in [-0.39, 0.29) is 0 Å². The van der Waals surface area contributed by atoms with Crippen molar-refractivity contribution >= 4 is 0 Å². The molecule has 0 aromatic heterocycles. The van der Waals surface area contributed by atoms with Crippen LogP contribution < -0.4 is 9.47 Å². The summed E-state index contributed by atoms with van der Waals surface area (Å²) in [5, 5.41) is 0.